The lowest BCUT2D eigenvalue weighted by molar-refractivity contribution is 0.445. The van der Waals surface area contributed by atoms with Crippen molar-refractivity contribution in [3.63, 3.8) is 0 Å². The summed E-state index contributed by atoms with van der Waals surface area (Å²) in [6.07, 6.45) is 11.6. The minimum absolute atomic E-state index is 0.120. The molecule has 1 aromatic rings. The fourth-order valence-electron chi connectivity index (χ4n) is 3.09. The van der Waals surface area contributed by atoms with Crippen LogP contribution >= 0.6 is 0 Å². The number of hydrogen-bond donors (Lipinski definition) is 0. The van der Waals surface area contributed by atoms with E-state index in [1.54, 1.807) is 13.0 Å². The molecule has 0 saturated heterocycles. The van der Waals surface area contributed by atoms with Crippen molar-refractivity contribution in [1.82, 2.24) is 0 Å². The normalized spacial score (nSPS) is 20.1. The average Bonchev–Trinajstić information content (AvgIpc) is 2.52. The molecule has 124 valence electrons. The standard InChI is InChI=1S/C20H23F3/c1-4-6-14(7-5-2)15-9-8-13(3)17-12-18(21)20(23)19(22)16(17)11-10-15/h8-12,14H,4-7H2,1-3H3/b9-8?,11-10-,13-8+,15-9+,15-10?,16-11?,17-13?. The molecule has 3 heteroatoms. The smallest absolute Gasteiger partial charge is 0.195 e. The number of fused-ring (bicyclic) bond motifs is 1. The third-order valence-electron chi connectivity index (χ3n) is 4.34. The Morgan fingerprint density at radius 1 is 0.913 bits per heavy atom. The van der Waals surface area contributed by atoms with Crippen molar-refractivity contribution in [3.8, 4) is 0 Å². The first-order valence-electron chi connectivity index (χ1n) is 8.24. The van der Waals surface area contributed by atoms with Gasteiger partial charge in [0.1, 0.15) is 0 Å². The van der Waals surface area contributed by atoms with Crippen molar-refractivity contribution in [1.29, 1.82) is 0 Å². The molecule has 2 rings (SSSR count). The second kappa shape index (κ2) is 7.67. The van der Waals surface area contributed by atoms with Gasteiger partial charge >= 0.3 is 0 Å². The summed E-state index contributed by atoms with van der Waals surface area (Å²) in [5.41, 5.74) is 2.36. The summed E-state index contributed by atoms with van der Waals surface area (Å²) in [6.45, 7) is 6.08. The molecule has 1 aliphatic carbocycles. The first kappa shape index (κ1) is 17.6. The Bertz CT molecular complexity index is 660. The van der Waals surface area contributed by atoms with Gasteiger partial charge in [-0.3, -0.25) is 0 Å². The Kier molecular flexibility index (Phi) is 5.86. The fraction of sp³-hybridized carbons (Fsp3) is 0.400. The summed E-state index contributed by atoms with van der Waals surface area (Å²) in [5, 5.41) is 0. The third-order valence-corrected chi connectivity index (χ3v) is 4.34. The van der Waals surface area contributed by atoms with Crippen LogP contribution in [0.25, 0.3) is 11.6 Å². The number of halogens is 3. The lowest BCUT2D eigenvalue weighted by atomic mass is 9.87. The van der Waals surface area contributed by atoms with Crippen molar-refractivity contribution in [2.45, 2.75) is 46.5 Å². The predicted molar refractivity (Wildman–Crippen MR) is 90.4 cm³/mol. The first-order chi connectivity index (χ1) is 11.0. The highest BCUT2D eigenvalue weighted by Gasteiger charge is 2.19. The quantitative estimate of drug-likeness (QED) is 0.531. The van der Waals surface area contributed by atoms with E-state index in [0.29, 0.717) is 11.5 Å². The van der Waals surface area contributed by atoms with Gasteiger partial charge in [0, 0.05) is 5.56 Å². The second-order valence-corrected chi connectivity index (χ2v) is 6.07. The van der Waals surface area contributed by atoms with E-state index in [0.717, 1.165) is 42.9 Å². The zero-order chi connectivity index (χ0) is 17.0. The van der Waals surface area contributed by atoms with E-state index in [1.807, 2.05) is 18.2 Å². The van der Waals surface area contributed by atoms with Gasteiger partial charge in [-0.05, 0) is 48.5 Å². The van der Waals surface area contributed by atoms with Gasteiger partial charge in [-0.25, -0.2) is 13.2 Å². The fourth-order valence-corrected chi connectivity index (χ4v) is 3.09. The predicted octanol–water partition coefficient (Wildman–Crippen LogP) is 6.68. The van der Waals surface area contributed by atoms with Crippen molar-refractivity contribution < 1.29 is 13.2 Å². The van der Waals surface area contributed by atoms with Gasteiger partial charge in [-0.1, -0.05) is 51.0 Å². The maximum atomic E-state index is 14.1. The number of allylic oxidation sites excluding steroid dienone is 5. The van der Waals surface area contributed by atoms with Crippen LogP contribution in [0.15, 0.2) is 29.9 Å². The van der Waals surface area contributed by atoms with Crippen molar-refractivity contribution in [2.75, 3.05) is 0 Å². The molecule has 0 nitrogen and oxygen atoms in total. The second-order valence-electron chi connectivity index (χ2n) is 6.07. The van der Waals surface area contributed by atoms with Crippen LogP contribution in [0.4, 0.5) is 13.2 Å². The molecule has 0 radical (unpaired) electrons. The average molecular weight is 320 g/mol. The van der Waals surface area contributed by atoms with E-state index >= 15 is 0 Å². The van der Waals surface area contributed by atoms with Crippen LogP contribution in [0.2, 0.25) is 0 Å². The molecule has 0 fully saturated rings. The minimum Gasteiger partial charge on any atom is -0.204 e. The number of rotatable bonds is 5. The van der Waals surface area contributed by atoms with E-state index < -0.39 is 17.5 Å². The Hall–Kier alpha value is -1.77. The first-order valence-corrected chi connectivity index (χ1v) is 8.24. The highest BCUT2D eigenvalue weighted by molar-refractivity contribution is 5.76. The molecule has 0 saturated carbocycles. The van der Waals surface area contributed by atoms with Crippen LogP contribution in [0, 0.1) is 23.4 Å². The zero-order valence-electron chi connectivity index (χ0n) is 13.9. The van der Waals surface area contributed by atoms with Crippen LogP contribution in [-0.2, 0) is 0 Å². The molecule has 0 heterocycles. The molecule has 0 spiro atoms. The molecule has 0 bridgehead atoms. The van der Waals surface area contributed by atoms with Gasteiger partial charge in [-0.15, -0.1) is 0 Å². The monoisotopic (exact) mass is 320 g/mol. The Morgan fingerprint density at radius 2 is 1.57 bits per heavy atom. The van der Waals surface area contributed by atoms with E-state index in [-0.39, 0.29) is 5.56 Å². The molecule has 1 aliphatic rings. The highest BCUT2D eigenvalue weighted by atomic mass is 19.2. The molecular formula is C20H23F3. The van der Waals surface area contributed by atoms with Crippen molar-refractivity contribution >= 4 is 11.6 Å². The van der Waals surface area contributed by atoms with E-state index in [9.17, 15) is 13.2 Å². The Labute approximate surface area is 136 Å². The minimum atomic E-state index is -1.41. The highest BCUT2D eigenvalue weighted by Crippen LogP contribution is 2.31. The summed E-state index contributed by atoms with van der Waals surface area (Å²) in [5.74, 6) is -3.28. The summed E-state index contributed by atoms with van der Waals surface area (Å²) < 4.78 is 41.2. The van der Waals surface area contributed by atoms with Crippen LogP contribution in [0.3, 0.4) is 0 Å². The summed E-state index contributed by atoms with van der Waals surface area (Å²) >= 11 is 0. The van der Waals surface area contributed by atoms with E-state index in [4.69, 9.17) is 0 Å². The van der Waals surface area contributed by atoms with Crippen molar-refractivity contribution in [2.24, 2.45) is 5.92 Å². The molecule has 0 unspecified atom stereocenters. The van der Waals surface area contributed by atoms with Crippen LogP contribution in [0.5, 0.6) is 0 Å². The van der Waals surface area contributed by atoms with Gasteiger partial charge < -0.3 is 0 Å². The van der Waals surface area contributed by atoms with Gasteiger partial charge in [0.05, 0.1) is 0 Å². The van der Waals surface area contributed by atoms with Gasteiger partial charge in [0.2, 0.25) is 0 Å². The van der Waals surface area contributed by atoms with Gasteiger partial charge in [0.25, 0.3) is 0 Å². The number of benzene rings is 1. The zero-order valence-corrected chi connectivity index (χ0v) is 13.9. The summed E-state index contributed by atoms with van der Waals surface area (Å²) in [4.78, 5) is 0. The largest absolute Gasteiger partial charge is 0.204 e. The Balaban J connectivity index is 2.50. The molecule has 0 aromatic heterocycles. The molecule has 0 N–H and O–H groups in total. The Morgan fingerprint density at radius 3 is 2.17 bits per heavy atom. The summed E-state index contributed by atoms with van der Waals surface area (Å²) in [6, 6.07) is 1.07. The SMILES string of the molecule is CCCC(CCC)C1=C/C=C(\C)c2cc(F)c(F)c(F)c2/C=C\1. The van der Waals surface area contributed by atoms with Gasteiger partial charge in [0.15, 0.2) is 17.5 Å². The molecule has 0 amide bonds. The third kappa shape index (κ3) is 3.77. The summed E-state index contributed by atoms with van der Waals surface area (Å²) in [7, 11) is 0. The van der Waals surface area contributed by atoms with Crippen molar-refractivity contribution in [3.05, 3.63) is 58.4 Å². The van der Waals surface area contributed by atoms with Crippen LogP contribution in [0.1, 0.15) is 57.6 Å². The molecule has 0 atom stereocenters. The van der Waals surface area contributed by atoms with E-state index in [1.165, 1.54) is 0 Å². The van der Waals surface area contributed by atoms with E-state index in [2.05, 4.69) is 13.8 Å². The molecular weight excluding hydrogens is 297 g/mol. The molecule has 23 heavy (non-hydrogen) atoms. The van der Waals surface area contributed by atoms with Crippen LogP contribution in [-0.4, -0.2) is 0 Å². The topological polar surface area (TPSA) is 0 Å². The van der Waals surface area contributed by atoms with Crippen LogP contribution < -0.4 is 0 Å². The maximum Gasteiger partial charge on any atom is 0.195 e. The lowest BCUT2D eigenvalue weighted by Crippen LogP contribution is -2.04. The molecule has 1 aromatic carbocycles. The lowest BCUT2D eigenvalue weighted by Gasteiger charge is -2.19. The molecule has 0 aliphatic heterocycles. The maximum absolute atomic E-state index is 14.1. The van der Waals surface area contributed by atoms with Gasteiger partial charge in [-0.2, -0.15) is 0 Å². The number of hydrogen-bond acceptors (Lipinski definition) is 0.